The minimum atomic E-state index is -0.225. The number of anilines is 1. The van der Waals surface area contributed by atoms with Crippen LogP contribution in [0.25, 0.3) is 11.3 Å². The molecule has 0 spiro atoms. The maximum absolute atomic E-state index is 12.1. The van der Waals surface area contributed by atoms with Crippen LogP contribution in [-0.4, -0.2) is 47.2 Å². The topological polar surface area (TPSA) is 59.6 Å². The highest BCUT2D eigenvalue weighted by molar-refractivity contribution is 5.69. The lowest BCUT2D eigenvalue weighted by molar-refractivity contribution is 0.260. The molecule has 2 fully saturated rings. The molecule has 0 saturated carbocycles. The summed E-state index contributed by atoms with van der Waals surface area (Å²) in [6.45, 7) is 8.35. The Morgan fingerprint density at radius 1 is 1.15 bits per heavy atom. The van der Waals surface area contributed by atoms with E-state index in [1.54, 1.807) is 6.92 Å². The zero-order valence-electron chi connectivity index (χ0n) is 16.3. The van der Waals surface area contributed by atoms with Gasteiger partial charge in [0.2, 0.25) is 0 Å². The molecule has 0 radical (unpaired) electrons. The summed E-state index contributed by atoms with van der Waals surface area (Å²) < 4.78 is 0. The number of hydrogen-bond donors (Lipinski definition) is 2. The number of aromatic amines is 1. The van der Waals surface area contributed by atoms with Gasteiger partial charge >= 0.3 is 0 Å². The number of pyridine rings is 1. The number of aromatic hydroxyl groups is 1. The maximum atomic E-state index is 12.1. The zero-order chi connectivity index (χ0) is 19.0. The first-order chi connectivity index (χ1) is 13.1. The summed E-state index contributed by atoms with van der Waals surface area (Å²) in [6.07, 6.45) is 4.59. The first-order valence-electron chi connectivity index (χ1n) is 10.1. The molecule has 1 aromatic heterocycles. The van der Waals surface area contributed by atoms with E-state index in [1.807, 2.05) is 6.92 Å². The minimum Gasteiger partial charge on any atom is -0.507 e. The Bertz CT molecular complexity index is 866. The van der Waals surface area contributed by atoms with Crippen molar-refractivity contribution in [3.63, 3.8) is 0 Å². The SMILES string of the molecule is CCc1c(-c2ccc(N3CCC(N4CCCC4)C3)cc2)[nH]c(=O)c(C)c1O. The molecular weight excluding hydrogens is 338 g/mol. The van der Waals surface area contributed by atoms with E-state index in [0.29, 0.717) is 18.0 Å². The van der Waals surface area contributed by atoms with Crippen LogP contribution in [0.5, 0.6) is 5.75 Å². The van der Waals surface area contributed by atoms with Crippen LogP contribution < -0.4 is 10.5 Å². The van der Waals surface area contributed by atoms with Crippen molar-refractivity contribution in [2.24, 2.45) is 0 Å². The molecule has 2 aliphatic heterocycles. The van der Waals surface area contributed by atoms with Crippen molar-refractivity contribution in [2.45, 2.75) is 45.6 Å². The molecule has 5 nitrogen and oxygen atoms in total. The van der Waals surface area contributed by atoms with Crippen molar-refractivity contribution >= 4 is 5.69 Å². The predicted molar refractivity (Wildman–Crippen MR) is 110 cm³/mol. The highest BCUT2D eigenvalue weighted by Gasteiger charge is 2.29. The van der Waals surface area contributed by atoms with Gasteiger partial charge in [0.1, 0.15) is 5.75 Å². The van der Waals surface area contributed by atoms with Crippen LogP contribution in [0.3, 0.4) is 0 Å². The summed E-state index contributed by atoms with van der Waals surface area (Å²) >= 11 is 0. The number of rotatable bonds is 4. The molecule has 2 aliphatic rings. The third-order valence-corrected chi connectivity index (χ3v) is 6.22. The number of likely N-dealkylation sites (tertiary alicyclic amines) is 1. The lowest BCUT2D eigenvalue weighted by atomic mass is 10.0. The second-order valence-electron chi connectivity index (χ2n) is 7.81. The third-order valence-electron chi connectivity index (χ3n) is 6.22. The number of nitrogens with zero attached hydrogens (tertiary/aromatic N) is 2. The van der Waals surface area contributed by atoms with Crippen LogP contribution in [0.2, 0.25) is 0 Å². The Hall–Kier alpha value is -2.27. The highest BCUT2D eigenvalue weighted by atomic mass is 16.3. The van der Waals surface area contributed by atoms with E-state index < -0.39 is 0 Å². The largest absolute Gasteiger partial charge is 0.507 e. The van der Waals surface area contributed by atoms with Crippen molar-refractivity contribution in [1.29, 1.82) is 0 Å². The van der Waals surface area contributed by atoms with Crippen LogP contribution in [0.15, 0.2) is 29.1 Å². The average molecular weight is 367 g/mol. The molecule has 5 heteroatoms. The van der Waals surface area contributed by atoms with Gasteiger partial charge in [0.15, 0.2) is 0 Å². The van der Waals surface area contributed by atoms with Gasteiger partial charge in [0.05, 0.1) is 11.3 Å². The standard InChI is InChI=1S/C22H29N3O2/c1-3-19-20(23-22(27)15(2)21(19)26)16-6-8-17(9-7-16)25-13-10-18(14-25)24-11-4-5-12-24/h6-9,18H,3-5,10-14H2,1-2H3,(H2,23,26,27). The van der Waals surface area contributed by atoms with Gasteiger partial charge in [-0.05, 0) is 63.4 Å². The normalized spacial score (nSPS) is 20.5. The fourth-order valence-corrected chi connectivity index (χ4v) is 4.55. The fraction of sp³-hybridized carbons (Fsp3) is 0.500. The quantitative estimate of drug-likeness (QED) is 0.871. The number of nitrogens with one attached hydrogen (secondary N) is 1. The van der Waals surface area contributed by atoms with Gasteiger partial charge in [-0.25, -0.2) is 0 Å². The molecule has 1 unspecified atom stereocenters. The molecule has 1 aromatic carbocycles. The van der Waals surface area contributed by atoms with E-state index in [1.165, 1.54) is 38.0 Å². The summed E-state index contributed by atoms with van der Waals surface area (Å²) in [4.78, 5) is 20.2. The lowest BCUT2D eigenvalue weighted by Gasteiger charge is -2.24. The summed E-state index contributed by atoms with van der Waals surface area (Å²) in [5.74, 6) is 0.119. The minimum absolute atomic E-state index is 0.119. The predicted octanol–water partition coefficient (Wildman–Crippen LogP) is 3.29. The van der Waals surface area contributed by atoms with Gasteiger partial charge in [-0.3, -0.25) is 9.69 Å². The van der Waals surface area contributed by atoms with Crippen molar-refractivity contribution in [3.8, 4) is 17.0 Å². The van der Waals surface area contributed by atoms with Gasteiger partial charge < -0.3 is 15.0 Å². The van der Waals surface area contributed by atoms with Crippen molar-refractivity contribution in [3.05, 3.63) is 45.7 Å². The third kappa shape index (κ3) is 3.36. The number of aromatic nitrogens is 1. The number of hydrogen-bond acceptors (Lipinski definition) is 4. The maximum Gasteiger partial charge on any atom is 0.255 e. The van der Waals surface area contributed by atoms with Crippen LogP contribution in [0, 0.1) is 6.92 Å². The first kappa shape index (κ1) is 18.1. The monoisotopic (exact) mass is 367 g/mol. The summed E-state index contributed by atoms with van der Waals surface area (Å²) in [5, 5.41) is 10.3. The van der Waals surface area contributed by atoms with E-state index in [-0.39, 0.29) is 11.3 Å². The molecule has 1 atom stereocenters. The van der Waals surface area contributed by atoms with Crippen LogP contribution in [-0.2, 0) is 6.42 Å². The fourth-order valence-electron chi connectivity index (χ4n) is 4.55. The van der Waals surface area contributed by atoms with Gasteiger partial charge in [-0.15, -0.1) is 0 Å². The smallest absolute Gasteiger partial charge is 0.255 e. The van der Waals surface area contributed by atoms with Crippen LogP contribution in [0.1, 0.15) is 37.3 Å². The van der Waals surface area contributed by atoms with Crippen LogP contribution >= 0.6 is 0 Å². The molecule has 0 amide bonds. The molecule has 4 rings (SSSR count). The van der Waals surface area contributed by atoms with Crippen molar-refractivity contribution in [2.75, 3.05) is 31.1 Å². The van der Waals surface area contributed by atoms with Gasteiger partial charge in [0.25, 0.3) is 5.56 Å². The Kier molecular flexibility index (Phi) is 4.96. The van der Waals surface area contributed by atoms with E-state index in [0.717, 1.165) is 29.9 Å². The molecule has 3 heterocycles. The Labute approximate surface area is 160 Å². The summed E-state index contributed by atoms with van der Waals surface area (Å²) in [6, 6.07) is 9.06. The molecular formula is C22H29N3O2. The number of H-pyrrole nitrogens is 1. The molecule has 2 aromatic rings. The van der Waals surface area contributed by atoms with Crippen LogP contribution in [0.4, 0.5) is 5.69 Å². The van der Waals surface area contributed by atoms with Crippen molar-refractivity contribution < 1.29 is 5.11 Å². The van der Waals surface area contributed by atoms with Gasteiger partial charge in [0, 0.05) is 30.4 Å². The Morgan fingerprint density at radius 2 is 1.85 bits per heavy atom. The molecule has 0 bridgehead atoms. The Balaban J connectivity index is 1.56. The molecule has 27 heavy (non-hydrogen) atoms. The van der Waals surface area contributed by atoms with Gasteiger partial charge in [-0.1, -0.05) is 19.1 Å². The van der Waals surface area contributed by atoms with E-state index in [2.05, 4.69) is 39.0 Å². The molecule has 0 aliphatic carbocycles. The zero-order valence-corrected chi connectivity index (χ0v) is 16.3. The van der Waals surface area contributed by atoms with Crippen molar-refractivity contribution in [1.82, 2.24) is 9.88 Å². The summed E-state index contributed by atoms with van der Waals surface area (Å²) in [5.41, 5.74) is 3.87. The van der Waals surface area contributed by atoms with E-state index in [9.17, 15) is 9.90 Å². The lowest BCUT2D eigenvalue weighted by Crippen LogP contribution is -2.35. The average Bonchev–Trinajstić information content (AvgIpc) is 3.37. The highest BCUT2D eigenvalue weighted by Crippen LogP contribution is 2.31. The van der Waals surface area contributed by atoms with Gasteiger partial charge in [-0.2, -0.15) is 0 Å². The first-order valence-corrected chi connectivity index (χ1v) is 10.1. The summed E-state index contributed by atoms with van der Waals surface area (Å²) in [7, 11) is 0. The molecule has 2 N–H and O–H groups in total. The second kappa shape index (κ2) is 7.39. The molecule has 2 saturated heterocycles. The van der Waals surface area contributed by atoms with E-state index in [4.69, 9.17) is 0 Å². The number of benzene rings is 1. The van der Waals surface area contributed by atoms with E-state index >= 15 is 0 Å². The molecule has 144 valence electrons. The Morgan fingerprint density at radius 3 is 2.52 bits per heavy atom. The second-order valence-corrected chi connectivity index (χ2v) is 7.81.